The van der Waals surface area contributed by atoms with Gasteiger partial charge < -0.3 is 4.74 Å². The molecule has 0 amide bonds. The number of thiophene rings is 1. The fourth-order valence-corrected chi connectivity index (χ4v) is 3.83. The largest absolute Gasteiger partial charge is 0.477 e. The highest BCUT2D eigenvalue weighted by Crippen LogP contribution is 2.40. The van der Waals surface area contributed by atoms with E-state index in [4.69, 9.17) is 4.74 Å². The van der Waals surface area contributed by atoms with Gasteiger partial charge in [-0.1, -0.05) is 6.92 Å². The zero-order chi connectivity index (χ0) is 11.8. The van der Waals surface area contributed by atoms with Gasteiger partial charge in [-0.3, -0.25) is 0 Å². The van der Waals surface area contributed by atoms with Crippen molar-refractivity contribution in [3.05, 3.63) is 16.8 Å². The van der Waals surface area contributed by atoms with Crippen molar-refractivity contribution in [1.29, 1.82) is 0 Å². The molecule has 0 unspecified atom stereocenters. The van der Waals surface area contributed by atoms with Gasteiger partial charge in [-0.15, -0.1) is 11.3 Å². The Hall–Kier alpha value is -1.16. The monoisotopic (exact) mass is 248 g/mol. The van der Waals surface area contributed by atoms with Gasteiger partial charge >= 0.3 is 0 Å². The van der Waals surface area contributed by atoms with E-state index in [9.17, 15) is 0 Å². The first kappa shape index (κ1) is 11.0. The summed E-state index contributed by atoms with van der Waals surface area (Å²) in [5, 5.41) is 1.17. The fraction of sp³-hybridized carbons (Fsp3) is 0.538. The van der Waals surface area contributed by atoms with Crippen LogP contribution in [-0.2, 0) is 12.8 Å². The Morgan fingerprint density at radius 2 is 2.35 bits per heavy atom. The maximum atomic E-state index is 5.63. The lowest BCUT2D eigenvalue weighted by Crippen LogP contribution is -2.08. The van der Waals surface area contributed by atoms with Crippen molar-refractivity contribution in [1.82, 2.24) is 9.97 Å². The molecule has 0 fully saturated rings. The second-order valence-corrected chi connectivity index (χ2v) is 5.73. The van der Waals surface area contributed by atoms with Crippen LogP contribution in [0.4, 0.5) is 0 Å². The second-order valence-electron chi connectivity index (χ2n) is 4.64. The molecule has 1 aliphatic rings. The number of hydrogen-bond donors (Lipinski definition) is 0. The molecule has 3 nitrogen and oxygen atoms in total. The van der Waals surface area contributed by atoms with Gasteiger partial charge in [-0.25, -0.2) is 9.97 Å². The summed E-state index contributed by atoms with van der Waals surface area (Å²) in [4.78, 5) is 11.2. The SMILES string of the molecule is CCOc1ncnc2sc3c(c12)CC[C@@H](C)C3. The highest BCUT2D eigenvalue weighted by atomic mass is 32.1. The van der Waals surface area contributed by atoms with E-state index >= 15 is 0 Å². The first-order valence-corrected chi connectivity index (χ1v) is 6.99. The van der Waals surface area contributed by atoms with Crippen LogP contribution in [0.2, 0.25) is 0 Å². The first-order valence-electron chi connectivity index (χ1n) is 6.17. The van der Waals surface area contributed by atoms with Gasteiger partial charge in [0.15, 0.2) is 0 Å². The number of fused-ring (bicyclic) bond motifs is 3. The van der Waals surface area contributed by atoms with Crippen LogP contribution in [0.1, 0.15) is 30.7 Å². The molecule has 0 spiro atoms. The lowest BCUT2D eigenvalue weighted by molar-refractivity contribution is 0.330. The zero-order valence-electron chi connectivity index (χ0n) is 10.2. The van der Waals surface area contributed by atoms with Crippen LogP contribution in [0, 0.1) is 5.92 Å². The summed E-state index contributed by atoms with van der Waals surface area (Å²) in [7, 11) is 0. The first-order chi connectivity index (χ1) is 8.29. The third-order valence-electron chi connectivity index (χ3n) is 3.34. The molecule has 0 radical (unpaired) electrons. The lowest BCUT2D eigenvalue weighted by atomic mass is 9.89. The number of hydrogen-bond acceptors (Lipinski definition) is 4. The molecular formula is C13H16N2OS. The Kier molecular flexibility index (Phi) is 2.74. The van der Waals surface area contributed by atoms with Crippen LogP contribution >= 0.6 is 11.3 Å². The van der Waals surface area contributed by atoms with E-state index in [-0.39, 0.29) is 0 Å². The van der Waals surface area contributed by atoms with Crippen molar-refractivity contribution in [2.75, 3.05) is 6.61 Å². The van der Waals surface area contributed by atoms with E-state index in [1.165, 1.54) is 28.7 Å². The molecule has 4 heteroatoms. The van der Waals surface area contributed by atoms with Gasteiger partial charge in [-0.05, 0) is 37.7 Å². The molecule has 0 saturated carbocycles. The van der Waals surface area contributed by atoms with Crippen molar-refractivity contribution >= 4 is 21.6 Å². The molecular weight excluding hydrogens is 232 g/mol. The average Bonchev–Trinajstić information content (AvgIpc) is 2.67. The van der Waals surface area contributed by atoms with Crippen molar-refractivity contribution in [2.24, 2.45) is 5.92 Å². The Morgan fingerprint density at radius 1 is 1.47 bits per heavy atom. The molecule has 0 aliphatic heterocycles. The molecule has 17 heavy (non-hydrogen) atoms. The summed E-state index contributed by atoms with van der Waals surface area (Å²) in [6, 6.07) is 0. The topological polar surface area (TPSA) is 35.0 Å². The smallest absolute Gasteiger partial charge is 0.225 e. The van der Waals surface area contributed by atoms with E-state index in [0.29, 0.717) is 6.61 Å². The van der Waals surface area contributed by atoms with Crippen molar-refractivity contribution in [3.8, 4) is 5.88 Å². The van der Waals surface area contributed by atoms with Crippen LogP contribution in [0.5, 0.6) is 5.88 Å². The number of ether oxygens (including phenoxy) is 1. The minimum absolute atomic E-state index is 0.660. The highest BCUT2D eigenvalue weighted by Gasteiger charge is 2.23. The van der Waals surface area contributed by atoms with E-state index < -0.39 is 0 Å². The van der Waals surface area contributed by atoms with E-state index in [2.05, 4.69) is 16.9 Å². The molecule has 0 N–H and O–H groups in total. The Bertz CT molecular complexity index is 550. The molecule has 2 heterocycles. The van der Waals surface area contributed by atoms with Crippen molar-refractivity contribution in [2.45, 2.75) is 33.1 Å². The van der Waals surface area contributed by atoms with Crippen LogP contribution < -0.4 is 4.74 Å². The lowest BCUT2D eigenvalue weighted by Gasteiger charge is -2.18. The quantitative estimate of drug-likeness (QED) is 0.818. The molecule has 0 aromatic carbocycles. The summed E-state index contributed by atoms with van der Waals surface area (Å²) < 4.78 is 5.63. The molecule has 3 rings (SSSR count). The molecule has 90 valence electrons. The molecule has 0 bridgehead atoms. The molecule has 2 aromatic heterocycles. The van der Waals surface area contributed by atoms with Crippen LogP contribution in [0.25, 0.3) is 10.2 Å². The second kappa shape index (κ2) is 4.26. The van der Waals surface area contributed by atoms with Gasteiger partial charge in [0.2, 0.25) is 5.88 Å². The third kappa shape index (κ3) is 1.80. The predicted octanol–water partition coefficient (Wildman–Crippen LogP) is 3.21. The maximum absolute atomic E-state index is 5.63. The normalized spacial score (nSPS) is 19.3. The van der Waals surface area contributed by atoms with E-state index in [0.717, 1.165) is 23.0 Å². The predicted molar refractivity (Wildman–Crippen MR) is 69.8 cm³/mol. The summed E-state index contributed by atoms with van der Waals surface area (Å²) in [5.41, 5.74) is 1.44. The van der Waals surface area contributed by atoms with Crippen molar-refractivity contribution in [3.63, 3.8) is 0 Å². The number of aryl methyl sites for hydroxylation is 1. The van der Waals surface area contributed by atoms with Crippen LogP contribution in [0.3, 0.4) is 0 Å². The summed E-state index contributed by atoms with van der Waals surface area (Å²) in [6.07, 6.45) is 5.20. The highest BCUT2D eigenvalue weighted by molar-refractivity contribution is 7.18. The number of aromatic nitrogens is 2. The summed E-state index contributed by atoms with van der Waals surface area (Å²) >= 11 is 1.81. The van der Waals surface area contributed by atoms with Gasteiger partial charge in [0.25, 0.3) is 0 Å². The molecule has 2 aromatic rings. The molecule has 1 atom stereocenters. The van der Waals surface area contributed by atoms with Crippen LogP contribution in [0.15, 0.2) is 6.33 Å². The number of rotatable bonds is 2. The summed E-state index contributed by atoms with van der Waals surface area (Å²) in [5.74, 6) is 1.56. The third-order valence-corrected chi connectivity index (χ3v) is 4.50. The number of nitrogens with zero attached hydrogens (tertiary/aromatic N) is 2. The fourth-order valence-electron chi connectivity index (χ4n) is 2.49. The zero-order valence-corrected chi connectivity index (χ0v) is 11.0. The van der Waals surface area contributed by atoms with E-state index in [1.807, 2.05) is 18.3 Å². The molecule has 1 aliphatic carbocycles. The van der Waals surface area contributed by atoms with Gasteiger partial charge in [0.05, 0.1) is 12.0 Å². The van der Waals surface area contributed by atoms with E-state index in [1.54, 1.807) is 6.33 Å². The average molecular weight is 248 g/mol. The summed E-state index contributed by atoms with van der Waals surface area (Å²) in [6.45, 7) is 4.98. The minimum Gasteiger partial charge on any atom is -0.477 e. The minimum atomic E-state index is 0.660. The standard InChI is InChI=1S/C13H16N2OS/c1-3-16-12-11-9-5-4-8(2)6-10(9)17-13(11)15-7-14-12/h7-8H,3-6H2,1-2H3/t8-/m1/s1. The molecule has 0 saturated heterocycles. The Balaban J connectivity index is 2.18. The Morgan fingerprint density at radius 3 is 3.18 bits per heavy atom. The van der Waals surface area contributed by atoms with Crippen LogP contribution in [-0.4, -0.2) is 16.6 Å². The van der Waals surface area contributed by atoms with Gasteiger partial charge in [0.1, 0.15) is 11.2 Å². The Labute approximate surface area is 105 Å². The van der Waals surface area contributed by atoms with Gasteiger partial charge in [0, 0.05) is 4.88 Å². The van der Waals surface area contributed by atoms with Gasteiger partial charge in [-0.2, -0.15) is 0 Å². The maximum Gasteiger partial charge on any atom is 0.225 e. The van der Waals surface area contributed by atoms with Crippen molar-refractivity contribution < 1.29 is 4.74 Å².